The summed E-state index contributed by atoms with van der Waals surface area (Å²) in [7, 11) is 1.60. The highest BCUT2D eigenvalue weighted by atomic mass is 35.5. The molecule has 0 spiro atoms. The van der Waals surface area contributed by atoms with Crippen LogP contribution < -0.4 is 0 Å². The predicted octanol–water partition coefficient (Wildman–Crippen LogP) is 2.79. The molecule has 0 bridgehead atoms. The molecular weight excluding hydrogens is 266 g/mol. The molecule has 0 aliphatic heterocycles. The minimum Gasteiger partial charge on any atom is -0.508 e. The average Bonchev–Trinajstić information content (AvgIpc) is 2.36. The third-order valence-corrected chi connectivity index (χ3v) is 2.95. The van der Waals surface area contributed by atoms with Gasteiger partial charge in [-0.1, -0.05) is 25.4 Å². The number of ether oxygens (including phenoxy) is 1. The number of carbonyl (C=O) groups is 1. The molecule has 0 fully saturated rings. The summed E-state index contributed by atoms with van der Waals surface area (Å²) >= 11 is 6.02. The second kappa shape index (κ2) is 7.36. The zero-order valence-electron chi connectivity index (χ0n) is 11.5. The molecule has 0 aromatic heterocycles. The topological polar surface area (TPSA) is 49.8 Å². The molecule has 0 atom stereocenters. The lowest BCUT2D eigenvalue weighted by atomic mass is 10.1. The number of phenolic OH excluding ortho intramolecular Hbond substituents is 1. The van der Waals surface area contributed by atoms with Gasteiger partial charge in [0.05, 0.1) is 17.2 Å². The highest BCUT2D eigenvalue weighted by Gasteiger charge is 2.19. The van der Waals surface area contributed by atoms with Crippen LogP contribution in [-0.4, -0.2) is 42.7 Å². The first-order chi connectivity index (χ1) is 8.95. The van der Waals surface area contributed by atoms with Crippen molar-refractivity contribution in [2.75, 3.05) is 26.8 Å². The number of rotatable bonds is 6. The van der Waals surface area contributed by atoms with Gasteiger partial charge in [0.25, 0.3) is 5.91 Å². The van der Waals surface area contributed by atoms with Crippen molar-refractivity contribution in [3.8, 4) is 5.75 Å². The maximum absolute atomic E-state index is 12.4. The van der Waals surface area contributed by atoms with Gasteiger partial charge in [-0.15, -0.1) is 0 Å². The van der Waals surface area contributed by atoms with Gasteiger partial charge in [-0.05, 0) is 24.1 Å². The minimum atomic E-state index is -0.188. The molecule has 5 heteroatoms. The molecule has 0 heterocycles. The number of phenols is 1. The number of methoxy groups -OCH3 is 1. The summed E-state index contributed by atoms with van der Waals surface area (Å²) in [5, 5.41) is 9.81. The van der Waals surface area contributed by atoms with Crippen molar-refractivity contribution in [1.29, 1.82) is 0 Å². The number of aromatic hydroxyl groups is 1. The summed E-state index contributed by atoms with van der Waals surface area (Å²) in [5.41, 5.74) is 0.318. The molecule has 1 rings (SSSR count). The summed E-state index contributed by atoms with van der Waals surface area (Å²) in [6, 6.07) is 4.37. The SMILES string of the molecule is COCCN(CC(C)C)C(=O)c1cc(O)ccc1Cl. The first-order valence-corrected chi connectivity index (χ1v) is 6.60. The van der Waals surface area contributed by atoms with Gasteiger partial charge in [0.15, 0.2) is 0 Å². The molecular formula is C14H20ClNO3. The van der Waals surface area contributed by atoms with Crippen LogP contribution in [0.2, 0.25) is 5.02 Å². The molecule has 0 unspecified atom stereocenters. The van der Waals surface area contributed by atoms with Gasteiger partial charge in [-0.25, -0.2) is 0 Å². The number of amides is 1. The van der Waals surface area contributed by atoms with Crippen molar-refractivity contribution in [2.45, 2.75) is 13.8 Å². The maximum atomic E-state index is 12.4. The fourth-order valence-electron chi connectivity index (χ4n) is 1.77. The summed E-state index contributed by atoms with van der Waals surface area (Å²) in [4.78, 5) is 14.1. The normalized spacial score (nSPS) is 10.8. The van der Waals surface area contributed by atoms with Crippen molar-refractivity contribution in [3.63, 3.8) is 0 Å². The third kappa shape index (κ3) is 4.73. The van der Waals surface area contributed by atoms with Crippen molar-refractivity contribution in [2.24, 2.45) is 5.92 Å². The van der Waals surface area contributed by atoms with E-state index in [2.05, 4.69) is 0 Å². The second-order valence-corrected chi connectivity index (χ2v) is 5.21. The van der Waals surface area contributed by atoms with Crippen LogP contribution in [0.5, 0.6) is 5.75 Å². The molecule has 0 aliphatic carbocycles. The largest absolute Gasteiger partial charge is 0.508 e. The van der Waals surface area contributed by atoms with E-state index in [1.54, 1.807) is 12.0 Å². The van der Waals surface area contributed by atoms with Gasteiger partial charge in [-0.2, -0.15) is 0 Å². The third-order valence-electron chi connectivity index (χ3n) is 2.62. The number of halogens is 1. The van der Waals surface area contributed by atoms with E-state index in [1.165, 1.54) is 18.2 Å². The van der Waals surface area contributed by atoms with Crippen molar-refractivity contribution in [1.82, 2.24) is 4.90 Å². The van der Waals surface area contributed by atoms with Crippen LogP contribution in [0, 0.1) is 5.92 Å². The standard InChI is InChI=1S/C14H20ClNO3/c1-10(2)9-16(6-7-19-3)14(18)12-8-11(17)4-5-13(12)15/h4-5,8,10,17H,6-7,9H2,1-3H3. The van der Waals surface area contributed by atoms with E-state index in [9.17, 15) is 9.90 Å². The smallest absolute Gasteiger partial charge is 0.255 e. The van der Waals surface area contributed by atoms with Crippen molar-refractivity contribution >= 4 is 17.5 Å². The Labute approximate surface area is 118 Å². The second-order valence-electron chi connectivity index (χ2n) is 4.80. The van der Waals surface area contributed by atoms with E-state index in [-0.39, 0.29) is 11.7 Å². The Morgan fingerprint density at radius 1 is 1.47 bits per heavy atom. The molecule has 0 aliphatic rings. The molecule has 0 saturated carbocycles. The fourth-order valence-corrected chi connectivity index (χ4v) is 1.96. The van der Waals surface area contributed by atoms with Crippen LogP contribution in [0.3, 0.4) is 0 Å². The van der Waals surface area contributed by atoms with Crippen LogP contribution in [0.4, 0.5) is 0 Å². The van der Waals surface area contributed by atoms with Gasteiger partial charge in [0, 0.05) is 20.2 Å². The molecule has 1 N–H and O–H groups in total. The molecule has 1 aromatic rings. The molecule has 0 saturated heterocycles. The zero-order valence-corrected chi connectivity index (χ0v) is 12.3. The lowest BCUT2D eigenvalue weighted by Crippen LogP contribution is -2.36. The minimum absolute atomic E-state index is 0.0315. The van der Waals surface area contributed by atoms with Gasteiger partial charge >= 0.3 is 0 Å². The Balaban J connectivity index is 2.93. The van der Waals surface area contributed by atoms with Gasteiger partial charge in [-0.3, -0.25) is 4.79 Å². The van der Waals surface area contributed by atoms with Crippen LogP contribution in [0.25, 0.3) is 0 Å². The summed E-state index contributed by atoms with van der Waals surface area (Å²) in [6.45, 7) is 5.66. The molecule has 4 nitrogen and oxygen atoms in total. The fraction of sp³-hybridized carbons (Fsp3) is 0.500. The maximum Gasteiger partial charge on any atom is 0.255 e. The number of nitrogens with zero attached hydrogens (tertiary/aromatic N) is 1. The van der Waals surface area contributed by atoms with Crippen molar-refractivity contribution in [3.05, 3.63) is 28.8 Å². The summed E-state index contributed by atoms with van der Waals surface area (Å²) in [6.07, 6.45) is 0. The highest BCUT2D eigenvalue weighted by Crippen LogP contribution is 2.23. The Morgan fingerprint density at radius 2 is 2.16 bits per heavy atom. The van der Waals surface area contributed by atoms with Crippen LogP contribution in [0.15, 0.2) is 18.2 Å². The van der Waals surface area contributed by atoms with E-state index in [0.717, 1.165) is 0 Å². The van der Waals surface area contributed by atoms with Gasteiger partial charge in [0.1, 0.15) is 5.75 Å². The molecule has 1 amide bonds. The predicted molar refractivity (Wildman–Crippen MR) is 75.7 cm³/mol. The molecule has 1 aromatic carbocycles. The van der Waals surface area contributed by atoms with E-state index < -0.39 is 0 Å². The zero-order chi connectivity index (χ0) is 14.4. The number of hydrogen-bond acceptors (Lipinski definition) is 3. The van der Waals surface area contributed by atoms with E-state index >= 15 is 0 Å². The molecule has 19 heavy (non-hydrogen) atoms. The Morgan fingerprint density at radius 3 is 2.74 bits per heavy atom. The van der Waals surface area contributed by atoms with Crippen LogP contribution >= 0.6 is 11.6 Å². The van der Waals surface area contributed by atoms with E-state index in [4.69, 9.17) is 16.3 Å². The van der Waals surface area contributed by atoms with Crippen LogP contribution in [0.1, 0.15) is 24.2 Å². The van der Waals surface area contributed by atoms with Gasteiger partial charge in [0.2, 0.25) is 0 Å². The van der Waals surface area contributed by atoms with Crippen molar-refractivity contribution < 1.29 is 14.6 Å². The average molecular weight is 286 g/mol. The number of hydrogen-bond donors (Lipinski definition) is 1. The number of carbonyl (C=O) groups excluding carboxylic acids is 1. The molecule has 106 valence electrons. The lowest BCUT2D eigenvalue weighted by Gasteiger charge is -2.24. The Bertz CT molecular complexity index is 435. The first-order valence-electron chi connectivity index (χ1n) is 6.22. The number of benzene rings is 1. The highest BCUT2D eigenvalue weighted by molar-refractivity contribution is 6.33. The lowest BCUT2D eigenvalue weighted by molar-refractivity contribution is 0.0672. The van der Waals surface area contributed by atoms with E-state index in [1.807, 2.05) is 13.8 Å². The first kappa shape index (κ1) is 15.8. The summed E-state index contributed by atoms with van der Waals surface area (Å²) in [5.74, 6) is 0.188. The van der Waals surface area contributed by atoms with E-state index in [0.29, 0.717) is 36.2 Å². The Kier molecular flexibility index (Phi) is 6.12. The summed E-state index contributed by atoms with van der Waals surface area (Å²) < 4.78 is 5.02. The van der Waals surface area contributed by atoms with Crippen LogP contribution in [-0.2, 0) is 4.74 Å². The van der Waals surface area contributed by atoms with Gasteiger partial charge < -0.3 is 14.7 Å². The Hall–Kier alpha value is -1.26. The molecule has 0 radical (unpaired) electrons. The quantitative estimate of drug-likeness (QED) is 0.874. The monoisotopic (exact) mass is 285 g/mol.